The number of aromatic hydroxyl groups is 2. The minimum atomic E-state index is -0.567. The molecule has 0 aliphatic rings. The third-order valence-corrected chi connectivity index (χ3v) is 4.31. The molecule has 3 aromatic carbocycles. The number of amides is 1. The summed E-state index contributed by atoms with van der Waals surface area (Å²) in [5.41, 5.74) is 6.73. The van der Waals surface area contributed by atoms with Crippen molar-refractivity contribution in [1.29, 1.82) is 0 Å². The fourth-order valence-corrected chi connectivity index (χ4v) is 2.64. The predicted molar refractivity (Wildman–Crippen MR) is 132 cm³/mol. The highest BCUT2D eigenvalue weighted by Crippen LogP contribution is 2.36. The zero-order valence-electron chi connectivity index (χ0n) is 18.4. The summed E-state index contributed by atoms with van der Waals surface area (Å²) < 4.78 is 5.72. The number of nitrogens with two attached hydrogens (primary N) is 1. The average molecular weight is 485 g/mol. The van der Waals surface area contributed by atoms with Gasteiger partial charge in [0.15, 0.2) is 17.3 Å². The maximum atomic E-state index is 12.1. The summed E-state index contributed by atoms with van der Waals surface area (Å²) in [5, 5.41) is 29.1. The summed E-state index contributed by atoms with van der Waals surface area (Å²) in [6, 6.07) is 19.2. The van der Waals surface area contributed by atoms with Crippen LogP contribution >= 0.6 is 11.6 Å². The first-order chi connectivity index (χ1) is 16.3. The molecule has 9 nitrogen and oxygen atoms in total. The molecular weight excluding hydrogens is 460 g/mol. The number of nitrogens with zero attached hydrogens (tertiary/aromatic N) is 2. The third kappa shape index (κ3) is 8.45. The number of hydrogen-bond donors (Lipinski definition) is 5. The molecule has 0 aliphatic carbocycles. The molecule has 0 fully saturated rings. The van der Waals surface area contributed by atoms with E-state index in [0.717, 1.165) is 17.7 Å². The number of carbonyl (C=O) groups is 1. The number of ether oxygens (including phenoxy) is 1. The van der Waals surface area contributed by atoms with E-state index in [1.807, 2.05) is 42.5 Å². The Labute approximate surface area is 201 Å². The molecule has 10 heteroatoms. The van der Waals surface area contributed by atoms with Gasteiger partial charge in [0, 0.05) is 19.2 Å². The second-order valence-electron chi connectivity index (χ2n) is 6.61. The molecule has 178 valence electrons. The van der Waals surface area contributed by atoms with E-state index in [1.54, 1.807) is 19.1 Å². The van der Waals surface area contributed by atoms with E-state index in [-0.39, 0.29) is 29.7 Å². The SMILES string of the molecule is CCO.NC(=NC=Nc1cc(O)c(O)c(Cl)c1)C(=O)NCc1ccc(Oc2ccccc2)cc1. The molecule has 1 amide bonds. The van der Waals surface area contributed by atoms with Gasteiger partial charge in [-0.15, -0.1) is 0 Å². The zero-order chi connectivity index (χ0) is 24.9. The van der Waals surface area contributed by atoms with Crippen LogP contribution in [0.15, 0.2) is 76.7 Å². The summed E-state index contributed by atoms with van der Waals surface area (Å²) in [6.07, 6.45) is 1.05. The van der Waals surface area contributed by atoms with Gasteiger partial charge in [0.05, 0.1) is 10.7 Å². The lowest BCUT2D eigenvalue weighted by molar-refractivity contribution is -0.115. The van der Waals surface area contributed by atoms with Crippen LogP contribution in [0, 0.1) is 0 Å². The van der Waals surface area contributed by atoms with Gasteiger partial charge in [-0.25, -0.2) is 9.98 Å². The van der Waals surface area contributed by atoms with E-state index in [9.17, 15) is 15.0 Å². The Balaban J connectivity index is 0.00000129. The summed E-state index contributed by atoms with van der Waals surface area (Å²) in [7, 11) is 0. The summed E-state index contributed by atoms with van der Waals surface area (Å²) >= 11 is 5.74. The first-order valence-electron chi connectivity index (χ1n) is 10.1. The Bertz CT molecular complexity index is 1110. The predicted octanol–water partition coefficient (Wildman–Crippen LogP) is 3.88. The summed E-state index contributed by atoms with van der Waals surface area (Å²) in [4.78, 5) is 19.7. The van der Waals surface area contributed by atoms with Crippen LogP contribution in [-0.4, -0.2) is 40.0 Å². The van der Waals surface area contributed by atoms with Gasteiger partial charge < -0.3 is 31.1 Å². The number of benzene rings is 3. The molecule has 3 aromatic rings. The fraction of sp³-hybridized carbons (Fsp3) is 0.125. The second-order valence-corrected chi connectivity index (χ2v) is 7.02. The van der Waals surface area contributed by atoms with Crippen molar-refractivity contribution in [2.45, 2.75) is 13.5 Å². The minimum absolute atomic E-state index is 0.0676. The van der Waals surface area contributed by atoms with E-state index >= 15 is 0 Å². The minimum Gasteiger partial charge on any atom is -0.504 e. The standard InChI is InChI=1S/C22H19ClN4O4.C2H6O/c23-18-10-15(11-19(28)20(18)29)26-13-27-21(24)22(30)25-12-14-6-8-17(9-7-14)31-16-4-2-1-3-5-16;1-2-3/h1-11,13,28-29H,12H2,(H,25,30)(H2,24,26,27);3H,2H2,1H3. The van der Waals surface area contributed by atoms with Crippen molar-refractivity contribution in [3.8, 4) is 23.0 Å². The maximum Gasteiger partial charge on any atom is 0.286 e. The van der Waals surface area contributed by atoms with E-state index in [4.69, 9.17) is 27.2 Å². The molecule has 3 rings (SSSR count). The third-order valence-electron chi connectivity index (χ3n) is 4.02. The number of aliphatic hydroxyl groups excluding tert-OH is 1. The lowest BCUT2D eigenvalue weighted by Gasteiger charge is -2.07. The number of hydrogen-bond acceptors (Lipinski definition) is 6. The molecular formula is C24H25ClN4O5. The number of amidine groups is 1. The zero-order valence-corrected chi connectivity index (χ0v) is 19.1. The summed E-state index contributed by atoms with van der Waals surface area (Å²) in [5.74, 6) is -0.306. The number of carbonyl (C=O) groups excluding carboxylic acids is 1. The Morgan fingerprint density at radius 1 is 1.09 bits per heavy atom. The molecule has 0 spiro atoms. The van der Waals surface area contributed by atoms with Crippen molar-refractivity contribution in [2.75, 3.05) is 6.61 Å². The number of para-hydroxylation sites is 1. The first kappa shape index (κ1) is 26.2. The first-order valence-corrected chi connectivity index (χ1v) is 10.5. The van der Waals surface area contributed by atoms with Crippen LogP contribution in [0.1, 0.15) is 12.5 Å². The van der Waals surface area contributed by atoms with E-state index in [0.29, 0.717) is 5.75 Å². The smallest absolute Gasteiger partial charge is 0.286 e. The van der Waals surface area contributed by atoms with Crippen LogP contribution < -0.4 is 15.8 Å². The molecule has 6 N–H and O–H groups in total. The molecule has 0 bridgehead atoms. The quantitative estimate of drug-likeness (QED) is 0.203. The highest BCUT2D eigenvalue weighted by atomic mass is 35.5. The Morgan fingerprint density at radius 3 is 2.32 bits per heavy atom. The number of phenolic OH excluding ortho intramolecular Hbond substituents is 2. The molecule has 0 radical (unpaired) electrons. The maximum absolute atomic E-state index is 12.1. The molecule has 0 aliphatic heterocycles. The van der Waals surface area contributed by atoms with Crippen LogP contribution in [0.25, 0.3) is 0 Å². The molecule has 34 heavy (non-hydrogen) atoms. The Hall–Kier alpha value is -4.08. The number of phenols is 2. The van der Waals surface area contributed by atoms with Gasteiger partial charge in [-0.1, -0.05) is 41.9 Å². The van der Waals surface area contributed by atoms with Crippen molar-refractivity contribution in [1.82, 2.24) is 5.32 Å². The molecule has 0 saturated carbocycles. The topological polar surface area (TPSA) is 150 Å². The van der Waals surface area contributed by atoms with Gasteiger partial charge >= 0.3 is 0 Å². The van der Waals surface area contributed by atoms with Gasteiger partial charge in [0.25, 0.3) is 5.91 Å². The molecule has 0 aromatic heterocycles. The Morgan fingerprint density at radius 2 is 1.71 bits per heavy atom. The van der Waals surface area contributed by atoms with Gasteiger partial charge in [-0.3, -0.25) is 4.79 Å². The van der Waals surface area contributed by atoms with Gasteiger partial charge in [-0.05, 0) is 42.8 Å². The van der Waals surface area contributed by atoms with Crippen LogP contribution in [0.4, 0.5) is 5.69 Å². The van der Waals surface area contributed by atoms with Crippen LogP contribution in [0.5, 0.6) is 23.0 Å². The van der Waals surface area contributed by atoms with Crippen molar-refractivity contribution in [3.05, 3.63) is 77.3 Å². The van der Waals surface area contributed by atoms with Crippen LogP contribution in [0.2, 0.25) is 5.02 Å². The van der Waals surface area contributed by atoms with Crippen molar-refractivity contribution >= 4 is 35.4 Å². The van der Waals surface area contributed by atoms with Gasteiger partial charge in [-0.2, -0.15) is 0 Å². The average Bonchev–Trinajstić information content (AvgIpc) is 2.83. The Kier molecular flexibility index (Phi) is 10.4. The molecule has 0 saturated heterocycles. The van der Waals surface area contributed by atoms with E-state index in [2.05, 4.69) is 15.3 Å². The monoisotopic (exact) mass is 484 g/mol. The lowest BCUT2D eigenvalue weighted by Crippen LogP contribution is -2.35. The highest BCUT2D eigenvalue weighted by Gasteiger charge is 2.08. The number of nitrogens with one attached hydrogen (secondary N) is 1. The number of aliphatic imine (C=N–C) groups is 2. The molecule has 0 atom stereocenters. The van der Waals surface area contributed by atoms with Crippen molar-refractivity contribution < 1.29 is 24.9 Å². The fourth-order valence-electron chi connectivity index (χ4n) is 2.43. The van der Waals surface area contributed by atoms with E-state index in [1.165, 1.54) is 12.1 Å². The van der Waals surface area contributed by atoms with Crippen molar-refractivity contribution in [2.24, 2.45) is 15.7 Å². The normalized spacial score (nSPS) is 11.0. The van der Waals surface area contributed by atoms with Crippen LogP contribution in [0.3, 0.4) is 0 Å². The number of aliphatic hydroxyl groups is 1. The summed E-state index contributed by atoms with van der Waals surface area (Å²) in [6.45, 7) is 2.18. The number of rotatable bonds is 6. The number of halogens is 1. The molecule has 0 heterocycles. The molecule has 0 unspecified atom stereocenters. The highest BCUT2D eigenvalue weighted by molar-refractivity contribution is 6.38. The lowest BCUT2D eigenvalue weighted by atomic mass is 10.2. The van der Waals surface area contributed by atoms with Gasteiger partial charge in [0.2, 0.25) is 0 Å². The van der Waals surface area contributed by atoms with Crippen molar-refractivity contribution in [3.63, 3.8) is 0 Å². The van der Waals surface area contributed by atoms with Crippen LogP contribution in [-0.2, 0) is 11.3 Å². The van der Waals surface area contributed by atoms with Gasteiger partial charge in [0.1, 0.15) is 17.8 Å². The second kappa shape index (κ2) is 13.5. The van der Waals surface area contributed by atoms with E-state index < -0.39 is 17.4 Å². The largest absolute Gasteiger partial charge is 0.504 e.